The highest BCUT2D eigenvalue weighted by molar-refractivity contribution is 9.10. The number of halogens is 1. The van der Waals surface area contributed by atoms with E-state index in [1.807, 2.05) is 42.5 Å². The molecule has 0 radical (unpaired) electrons. The summed E-state index contributed by atoms with van der Waals surface area (Å²) in [5.41, 5.74) is 2.68. The normalized spacial score (nSPS) is 20.2. The third kappa shape index (κ3) is 4.46. The van der Waals surface area contributed by atoms with Gasteiger partial charge in [0.2, 0.25) is 11.8 Å². The predicted molar refractivity (Wildman–Crippen MR) is 119 cm³/mol. The monoisotopic (exact) mass is 456 g/mol. The zero-order chi connectivity index (χ0) is 20.4. The molecule has 0 aromatic heterocycles. The Balaban J connectivity index is 1.46. The SMILES string of the molecule is CN1CCN(c2ccccc2NC(=O)C2CC(=O)N(c3cccc(Br)c3)C2)CC1. The summed E-state index contributed by atoms with van der Waals surface area (Å²) in [4.78, 5) is 31.8. The van der Waals surface area contributed by atoms with Gasteiger partial charge in [0.05, 0.1) is 17.3 Å². The Morgan fingerprint density at radius 1 is 1.07 bits per heavy atom. The average molecular weight is 457 g/mol. The van der Waals surface area contributed by atoms with E-state index in [0.29, 0.717) is 6.54 Å². The molecule has 2 fully saturated rings. The van der Waals surface area contributed by atoms with Crippen LogP contribution in [0.25, 0.3) is 0 Å². The van der Waals surface area contributed by atoms with Crippen molar-refractivity contribution >= 4 is 44.8 Å². The standard InChI is InChI=1S/C22H25BrN4O2/c1-25-9-11-26(12-10-25)20-8-3-2-7-19(20)24-22(29)16-13-21(28)27(15-16)18-6-4-5-17(23)14-18/h2-8,14,16H,9-13,15H2,1H3,(H,24,29). The fourth-order valence-corrected chi connectivity index (χ4v) is 4.30. The number of hydrogen-bond acceptors (Lipinski definition) is 4. The van der Waals surface area contributed by atoms with Gasteiger partial charge in [0.25, 0.3) is 0 Å². The largest absolute Gasteiger partial charge is 0.367 e. The molecule has 2 aromatic carbocycles. The third-order valence-electron chi connectivity index (χ3n) is 5.62. The lowest BCUT2D eigenvalue weighted by Gasteiger charge is -2.35. The van der Waals surface area contributed by atoms with Crippen molar-refractivity contribution in [2.24, 2.45) is 5.92 Å². The van der Waals surface area contributed by atoms with E-state index < -0.39 is 0 Å². The van der Waals surface area contributed by atoms with Crippen LogP contribution < -0.4 is 15.1 Å². The minimum absolute atomic E-state index is 0.0180. The van der Waals surface area contributed by atoms with E-state index in [1.54, 1.807) is 4.90 Å². The first-order valence-corrected chi connectivity index (χ1v) is 10.7. The fraction of sp³-hybridized carbons (Fsp3) is 0.364. The number of piperazine rings is 1. The quantitative estimate of drug-likeness (QED) is 0.767. The molecule has 0 aliphatic carbocycles. The van der Waals surface area contributed by atoms with E-state index in [4.69, 9.17) is 0 Å². The molecule has 7 heteroatoms. The van der Waals surface area contributed by atoms with Crippen molar-refractivity contribution in [1.82, 2.24) is 4.90 Å². The van der Waals surface area contributed by atoms with Crippen molar-refractivity contribution < 1.29 is 9.59 Å². The zero-order valence-electron chi connectivity index (χ0n) is 16.5. The maximum Gasteiger partial charge on any atom is 0.229 e. The number of para-hydroxylation sites is 2. The molecule has 4 rings (SSSR count). The molecule has 2 aromatic rings. The maximum atomic E-state index is 13.0. The zero-order valence-corrected chi connectivity index (χ0v) is 18.1. The minimum Gasteiger partial charge on any atom is -0.367 e. The van der Waals surface area contributed by atoms with Crippen LogP contribution in [0.1, 0.15) is 6.42 Å². The Morgan fingerprint density at radius 3 is 2.59 bits per heavy atom. The predicted octanol–water partition coefficient (Wildman–Crippen LogP) is 3.19. The molecule has 0 saturated carbocycles. The first kappa shape index (κ1) is 19.9. The van der Waals surface area contributed by atoms with E-state index >= 15 is 0 Å². The molecule has 2 amide bonds. The smallest absolute Gasteiger partial charge is 0.229 e. The molecule has 2 heterocycles. The molecule has 152 valence electrons. The van der Waals surface area contributed by atoms with Gasteiger partial charge in [-0.05, 0) is 37.4 Å². The highest BCUT2D eigenvalue weighted by Crippen LogP contribution is 2.30. The van der Waals surface area contributed by atoms with Crippen molar-refractivity contribution in [2.45, 2.75) is 6.42 Å². The lowest BCUT2D eigenvalue weighted by molar-refractivity contribution is -0.122. The van der Waals surface area contributed by atoms with E-state index in [1.165, 1.54) is 0 Å². The molecule has 0 spiro atoms. The molecule has 1 unspecified atom stereocenters. The van der Waals surface area contributed by atoms with Gasteiger partial charge in [0.15, 0.2) is 0 Å². The molecule has 29 heavy (non-hydrogen) atoms. The number of anilines is 3. The molecule has 0 bridgehead atoms. The van der Waals surface area contributed by atoms with Crippen LogP contribution in [-0.2, 0) is 9.59 Å². The first-order valence-electron chi connectivity index (χ1n) is 9.90. The fourth-order valence-electron chi connectivity index (χ4n) is 3.91. The summed E-state index contributed by atoms with van der Waals surface area (Å²) in [6.45, 7) is 4.27. The Labute approximate surface area is 179 Å². The van der Waals surface area contributed by atoms with Crippen LogP contribution in [0.3, 0.4) is 0 Å². The van der Waals surface area contributed by atoms with Gasteiger partial charge in [0.1, 0.15) is 0 Å². The van der Waals surface area contributed by atoms with Crippen LogP contribution in [0.4, 0.5) is 17.1 Å². The lowest BCUT2D eigenvalue weighted by atomic mass is 10.1. The van der Waals surface area contributed by atoms with Gasteiger partial charge in [-0.3, -0.25) is 9.59 Å². The van der Waals surface area contributed by atoms with E-state index in [0.717, 1.165) is 47.7 Å². The molecule has 2 aliphatic rings. The highest BCUT2D eigenvalue weighted by atomic mass is 79.9. The molecule has 2 aliphatic heterocycles. The number of benzene rings is 2. The van der Waals surface area contributed by atoms with E-state index in [9.17, 15) is 9.59 Å². The Hall–Kier alpha value is -2.38. The van der Waals surface area contributed by atoms with Gasteiger partial charge < -0.3 is 20.0 Å². The summed E-state index contributed by atoms with van der Waals surface area (Å²) < 4.78 is 0.914. The second-order valence-corrected chi connectivity index (χ2v) is 8.60. The maximum absolute atomic E-state index is 13.0. The van der Waals surface area contributed by atoms with Gasteiger partial charge in [-0.25, -0.2) is 0 Å². The van der Waals surface area contributed by atoms with Gasteiger partial charge in [0, 0.05) is 49.3 Å². The third-order valence-corrected chi connectivity index (χ3v) is 6.11. The number of carbonyl (C=O) groups is 2. The molecule has 2 saturated heterocycles. The molecule has 1 atom stereocenters. The number of nitrogens with zero attached hydrogens (tertiary/aromatic N) is 3. The van der Waals surface area contributed by atoms with Gasteiger partial charge >= 0.3 is 0 Å². The van der Waals surface area contributed by atoms with Gasteiger partial charge in [-0.1, -0.05) is 34.1 Å². The van der Waals surface area contributed by atoms with Crippen LogP contribution in [0.5, 0.6) is 0 Å². The van der Waals surface area contributed by atoms with E-state index in [2.05, 4.69) is 44.2 Å². The van der Waals surface area contributed by atoms with Crippen LogP contribution in [0.2, 0.25) is 0 Å². The minimum atomic E-state index is -0.359. The number of amides is 2. The Kier molecular flexibility index (Phi) is 5.87. The summed E-state index contributed by atoms with van der Waals surface area (Å²) in [6, 6.07) is 15.5. The topological polar surface area (TPSA) is 55.9 Å². The van der Waals surface area contributed by atoms with Crippen LogP contribution in [-0.4, -0.2) is 56.5 Å². The molecule has 6 nitrogen and oxygen atoms in total. The summed E-state index contributed by atoms with van der Waals surface area (Å²) in [6.07, 6.45) is 0.231. The van der Waals surface area contributed by atoms with Crippen molar-refractivity contribution in [1.29, 1.82) is 0 Å². The molecular formula is C22H25BrN4O2. The second-order valence-electron chi connectivity index (χ2n) is 7.68. The van der Waals surface area contributed by atoms with Crippen LogP contribution in [0.15, 0.2) is 53.0 Å². The molecule has 1 N–H and O–H groups in total. The Morgan fingerprint density at radius 2 is 1.83 bits per heavy atom. The highest BCUT2D eigenvalue weighted by Gasteiger charge is 2.35. The average Bonchev–Trinajstić information content (AvgIpc) is 3.11. The number of hydrogen-bond donors (Lipinski definition) is 1. The van der Waals surface area contributed by atoms with Crippen LogP contribution >= 0.6 is 15.9 Å². The van der Waals surface area contributed by atoms with Crippen LogP contribution in [0, 0.1) is 5.92 Å². The van der Waals surface area contributed by atoms with Gasteiger partial charge in [-0.15, -0.1) is 0 Å². The van der Waals surface area contributed by atoms with Crippen molar-refractivity contribution in [3.05, 3.63) is 53.0 Å². The van der Waals surface area contributed by atoms with Crippen molar-refractivity contribution in [3.8, 4) is 0 Å². The van der Waals surface area contributed by atoms with E-state index in [-0.39, 0.29) is 24.2 Å². The summed E-state index contributed by atoms with van der Waals surface area (Å²) in [5.74, 6) is -0.477. The second kappa shape index (κ2) is 8.55. The summed E-state index contributed by atoms with van der Waals surface area (Å²) in [7, 11) is 2.12. The van der Waals surface area contributed by atoms with Gasteiger partial charge in [-0.2, -0.15) is 0 Å². The number of nitrogens with one attached hydrogen (secondary N) is 1. The number of rotatable bonds is 4. The number of carbonyl (C=O) groups excluding carboxylic acids is 2. The van der Waals surface area contributed by atoms with Crippen molar-refractivity contribution in [2.75, 3.05) is 54.9 Å². The number of likely N-dealkylation sites (N-methyl/N-ethyl adjacent to an activating group) is 1. The lowest BCUT2D eigenvalue weighted by Crippen LogP contribution is -2.44. The Bertz CT molecular complexity index is 911. The summed E-state index contributed by atoms with van der Waals surface area (Å²) >= 11 is 3.44. The van der Waals surface area contributed by atoms with Crippen molar-refractivity contribution in [3.63, 3.8) is 0 Å². The first-order chi connectivity index (χ1) is 14.0. The summed E-state index contributed by atoms with van der Waals surface area (Å²) in [5, 5.41) is 3.08. The molecular weight excluding hydrogens is 432 g/mol.